The summed E-state index contributed by atoms with van der Waals surface area (Å²) in [7, 11) is 0. The Kier molecular flexibility index (Phi) is 6.58. The minimum absolute atomic E-state index is 0.456. The summed E-state index contributed by atoms with van der Waals surface area (Å²) < 4.78 is 2.29. The molecule has 0 aliphatic carbocycles. The lowest BCUT2D eigenvalue weighted by Crippen LogP contribution is -1.97. The van der Waals surface area contributed by atoms with E-state index in [1.165, 1.54) is 16.3 Å². The maximum absolute atomic E-state index is 10.6. The molecule has 0 fully saturated rings. The van der Waals surface area contributed by atoms with E-state index in [2.05, 4.69) is 162 Å². The number of rotatable bonds is 4. The van der Waals surface area contributed by atoms with Crippen molar-refractivity contribution >= 4 is 43.4 Å². The first-order valence-electron chi connectivity index (χ1n) is 16.3. The lowest BCUT2D eigenvalue weighted by molar-refractivity contribution is 1.18. The van der Waals surface area contributed by atoms with Crippen LogP contribution in [-0.4, -0.2) is 4.57 Å². The number of para-hydroxylation sites is 2. The van der Waals surface area contributed by atoms with Crippen LogP contribution < -0.4 is 0 Å². The summed E-state index contributed by atoms with van der Waals surface area (Å²) in [6.45, 7) is 0. The first kappa shape index (κ1) is 28.3. The van der Waals surface area contributed by atoms with Crippen molar-refractivity contribution in [3.8, 4) is 51.2 Å². The van der Waals surface area contributed by atoms with Gasteiger partial charge >= 0.3 is 0 Å². The third-order valence-corrected chi connectivity index (χ3v) is 9.65. The highest BCUT2D eigenvalue weighted by atomic mass is 15.0. The van der Waals surface area contributed by atoms with Gasteiger partial charge in [0.25, 0.3) is 0 Å². The van der Waals surface area contributed by atoms with E-state index in [1.54, 1.807) is 6.07 Å². The molecule has 8 aromatic carbocycles. The van der Waals surface area contributed by atoms with Gasteiger partial charge in [-0.05, 0) is 85.8 Å². The molecule has 0 radical (unpaired) electrons. The Balaban J connectivity index is 1.33. The van der Waals surface area contributed by atoms with Crippen molar-refractivity contribution in [2.24, 2.45) is 0 Å². The van der Waals surface area contributed by atoms with Crippen molar-refractivity contribution in [3.05, 3.63) is 175 Å². The minimum Gasteiger partial charge on any atom is -0.309 e. The quantitative estimate of drug-likeness (QED) is 0.184. The summed E-state index contributed by atoms with van der Waals surface area (Å²) in [6, 6.07) is 61.3. The Bertz CT molecular complexity index is 2720. The molecule has 9 rings (SSSR count). The summed E-state index contributed by atoms with van der Waals surface area (Å²) in [4.78, 5) is 0. The average molecular weight is 622 g/mol. The van der Waals surface area contributed by atoms with E-state index in [1.807, 2.05) is 12.1 Å². The Hall–Kier alpha value is -6.94. The predicted molar refractivity (Wildman–Crippen MR) is 202 cm³/mol. The second-order valence-corrected chi connectivity index (χ2v) is 12.3. The smallest absolute Gasteiger partial charge is 0.0998 e. The summed E-state index contributed by atoms with van der Waals surface area (Å²) in [6.07, 6.45) is 0. The molecule has 49 heavy (non-hydrogen) atoms. The normalized spacial score (nSPS) is 11.2. The van der Waals surface area contributed by atoms with Crippen LogP contribution in [0.1, 0.15) is 11.1 Å². The highest BCUT2D eigenvalue weighted by molar-refractivity contribution is 6.22. The molecule has 9 aromatic rings. The zero-order valence-corrected chi connectivity index (χ0v) is 26.4. The molecular formula is C46H27N3. The van der Waals surface area contributed by atoms with Crippen molar-refractivity contribution in [2.75, 3.05) is 0 Å². The lowest BCUT2D eigenvalue weighted by atomic mass is 9.82. The van der Waals surface area contributed by atoms with Crippen molar-refractivity contribution in [3.63, 3.8) is 0 Å². The molecule has 226 valence electrons. The Morgan fingerprint density at radius 3 is 1.39 bits per heavy atom. The number of hydrogen-bond acceptors (Lipinski definition) is 2. The highest BCUT2D eigenvalue weighted by Gasteiger charge is 2.22. The van der Waals surface area contributed by atoms with Crippen LogP contribution in [0.3, 0.4) is 0 Å². The summed E-state index contributed by atoms with van der Waals surface area (Å²) in [5.74, 6) is 0. The number of nitriles is 2. The minimum atomic E-state index is 0.456. The summed E-state index contributed by atoms with van der Waals surface area (Å²) >= 11 is 0. The van der Waals surface area contributed by atoms with Gasteiger partial charge < -0.3 is 4.57 Å². The van der Waals surface area contributed by atoms with Crippen LogP contribution in [-0.2, 0) is 0 Å². The first-order chi connectivity index (χ1) is 24.2. The van der Waals surface area contributed by atoms with Gasteiger partial charge in [-0.15, -0.1) is 0 Å². The predicted octanol–water partition coefficient (Wildman–Crippen LogP) is 11.8. The second-order valence-electron chi connectivity index (χ2n) is 12.3. The number of nitrogens with zero attached hydrogens (tertiary/aromatic N) is 3. The average Bonchev–Trinajstić information content (AvgIpc) is 3.51. The van der Waals surface area contributed by atoms with E-state index in [4.69, 9.17) is 0 Å². The number of hydrogen-bond donors (Lipinski definition) is 0. The molecule has 0 amide bonds. The molecule has 1 aromatic heterocycles. The third kappa shape index (κ3) is 4.42. The van der Waals surface area contributed by atoms with E-state index in [0.717, 1.165) is 66.1 Å². The fourth-order valence-electron chi connectivity index (χ4n) is 7.62. The van der Waals surface area contributed by atoms with Gasteiger partial charge in [-0.2, -0.15) is 10.5 Å². The summed E-state index contributed by atoms with van der Waals surface area (Å²) in [5.41, 5.74) is 10.2. The van der Waals surface area contributed by atoms with Crippen molar-refractivity contribution in [2.45, 2.75) is 0 Å². The van der Waals surface area contributed by atoms with Crippen LogP contribution in [0.25, 0.3) is 82.4 Å². The Morgan fingerprint density at radius 2 is 0.857 bits per heavy atom. The van der Waals surface area contributed by atoms with Crippen molar-refractivity contribution in [1.29, 1.82) is 10.5 Å². The SMILES string of the molecule is N#Cc1cc(C#N)c(-c2ccc(-n3c4ccccc4c4ccccc43)cc2)c(-c2c3ccccc3c(-c3ccccc3)c3ccccc23)c1. The lowest BCUT2D eigenvalue weighted by Gasteiger charge is -2.20. The number of benzene rings is 8. The molecule has 0 spiro atoms. The zero-order chi connectivity index (χ0) is 32.9. The van der Waals surface area contributed by atoms with Crippen LogP contribution in [0.2, 0.25) is 0 Å². The van der Waals surface area contributed by atoms with E-state index >= 15 is 0 Å². The molecule has 0 saturated heterocycles. The van der Waals surface area contributed by atoms with Gasteiger partial charge in [0.2, 0.25) is 0 Å². The van der Waals surface area contributed by atoms with Crippen LogP contribution in [0.5, 0.6) is 0 Å². The maximum Gasteiger partial charge on any atom is 0.0998 e. The number of aromatic nitrogens is 1. The van der Waals surface area contributed by atoms with Crippen molar-refractivity contribution in [1.82, 2.24) is 4.57 Å². The van der Waals surface area contributed by atoms with Crippen LogP contribution >= 0.6 is 0 Å². The van der Waals surface area contributed by atoms with Gasteiger partial charge in [0.05, 0.1) is 34.3 Å². The molecule has 0 aliphatic heterocycles. The maximum atomic E-state index is 10.6. The van der Waals surface area contributed by atoms with E-state index < -0.39 is 0 Å². The zero-order valence-electron chi connectivity index (χ0n) is 26.4. The van der Waals surface area contributed by atoms with Gasteiger partial charge in [-0.25, -0.2) is 0 Å². The molecule has 0 unspecified atom stereocenters. The summed E-state index contributed by atoms with van der Waals surface area (Å²) in [5, 5.41) is 27.5. The Labute approximate surface area is 283 Å². The first-order valence-corrected chi connectivity index (χ1v) is 16.3. The molecule has 1 heterocycles. The van der Waals surface area contributed by atoms with E-state index in [-0.39, 0.29) is 0 Å². The van der Waals surface area contributed by atoms with Gasteiger partial charge in [0, 0.05) is 22.0 Å². The molecular weight excluding hydrogens is 595 g/mol. The second kappa shape index (κ2) is 11.4. The largest absolute Gasteiger partial charge is 0.309 e. The van der Waals surface area contributed by atoms with Gasteiger partial charge in [-0.3, -0.25) is 0 Å². The van der Waals surface area contributed by atoms with Crippen molar-refractivity contribution < 1.29 is 0 Å². The van der Waals surface area contributed by atoms with Crippen LogP contribution in [0.15, 0.2) is 164 Å². The monoisotopic (exact) mass is 621 g/mol. The van der Waals surface area contributed by atoms with Gasteiger partial charge in [0.1, 0.15) is 0 Å². The number of fused-ring (bicyclic) bond motifs is 5. The molecule has 0 bridgehead atoms. The Morgan fingerprint density at radius 1 is 0.388 bits per heavy atom. The topological polar surface area (TPSA) is 52.5 Å². The van der Waals surface area contributed by atoms with Crippen LogP contribution in [0, 0.1) is 22.7 Å². The fraction of sp³-hybridized carbons (Fsp3) is 0. The highest BCUT2D eigenvalue weighted by Crippen LogP contribution is 2.47. The fourth-order valence-corrected chi connectivity index (χ4v) is 7.62. The van der Waals surface area contributed by atoms with Gasteiger partial charge in [-0.1, -0.05) is 127 Å². The third-order valence-electron chi connectivity index (χ3n) is 9.65. The molecule has 3 heteroatoms. The molecule has 0 saturated carbocycles. The molecule has 0 N–H and O–H groups in total. The molecule has 0 aliphatic rings. The van der Waals surface area contributed by atoms with E-state index in [0.29, 0.717) is 11.1 Å². The molecule has 3 nitrogen and oxygen atoms in total. The molecule has 0 atom stereocenters. The van der Waals surface area contributed by atoms with Crippen LogP contribution in [0.4, 0.5) is 0 Å². The van der Waals surface area contributed by atoms with Gasteiger partial charge in [0.15, 0.2) is 0 Å². The van der Waals surface area contributed by atoms with E-state index in [9.17, 15) is 10.5 Å². The standard InChI is InChI=1S/C46H27N3/c47-28-30-26-33(29-48)44(32-22-24-34(25-23-32)49-42-20-10-8-14-35(42)36-15-9-11-21-43(36)49)41(27-30)46-39-18-6-4-16-37(39)45(31-12-2-1-3-13-31)38-17-5-7-19-40(38)46/h1-27H.